The van der Waals surface area contributed by atoms with Crippen molar-refractivity contribution in [2.24, 2.45) is 0 Å². The summed E-state index contributed by atoms with van der Waals surface area (Å²) >= 11 is 0. The van der Waals surface area contributed by atoms with Gasteiger partial charge in [-0.05, 0) is 24.3 Å². The van der Waals surface area contributed by atoms with Gasteiger partial charge in [-0.3, -0.25) is 4.57 Å². The van der Waals surface area contributed by atoms with Crippen molar-refractivity contribution in [3.05, 3.63) is 60.7 Å². The second kappa shape index (κ2) is 8.83. The van der Waals surface area contributed by atoms with Crippen LogP contribution in [0.4, 0.5) is 0 Å². The molecule has 1 N–H and O–H groups in total. The number of hydrogen-bond donors (Lipinski definition) is 1. The number of likely N-dealkylation sites (N-methyl/N-ethyl adjacent to an activating group) is 1. The molecule has 0 spiro atoms. The van der Waals surface area contributed by atoms with E-state index in [1.165, 1.54) is 0 Å². The molecule has 0 saturated heterocycles. The van der Waals surface area contributed by atoms with E-state index in [2.05, 4.69) is 26.2 Å². The van der Waals surface area contributed by atoms with E-state index in [0.29, 0.717) is 17.6 Å². The zero-order valence-electron chi connectivity index (χ0n) is 13.8. The van der Waals surface area contributed by atoms with Crippen LogP contribution in [-0.4, -0.2) is 38.7 Å². The van der Waals surface area contributed by atoms with E-state index in [1.54, 1.807) is 0 Å². The van der Waals surface area contributed by atoms with Crippen LogP contribution < -0.4 is 38.9 Å². The number of benzene rings is 2. The number of rotatable bonds is 7. The number of nitrogens with zero attached hydrogens (tertiary/aromatic N) is 1. The highest BCUT2D eigenvalue weighted by atomic mass is 127. The lowest BCUT2D eigenvalue weighted by molar-refractivity contribution is -0.869. The summed E-state index contributed by atoms with van der Waals surface area (Å²) in [5.74, 6) is 0.604. The van der Waals surface area contributed by atoms with Gasteiger partial charge in [-0.1, -0.05) is 36.4 Å². The Kier molecular flexibility index (Phi) is 7.74. The van der Waals surface area contributed by atoms with Crippen LogP contribution in [0.3, 0.4) is 0 Å². The lowest BCUT2D eigenvalue weighted by atomic mass is 10.3. The van der Waals surface area contributed by atoms with Crippen molar-refractivity contribution in [2.45, 2.75) is 0 Å². The van der Waals surface area contributed by atoms with Crippen LogP contribution in [0.1, 0.15) is 0 Å². The number of hydrogen-bond acceptors (Lipinski definition) is 2. The van der Waals surface area contributed by atoms with Gasteiger partial charge in [-0.2, -0.15) is 0 Å². The van der Waals surface area contributed by atoms with Crippen molar-refractivity contribution >= 4 is 12.8 Å². The maximum Gasteiger partial charge on any atom is 0.347 e. The van der Waals surface area contributed by atoms with Crippen LogP contribution in [-0.2, 0) is 4.57 Å². The van der Waals surface area contributed by atoms with Crippen LogP contribution in [0.5, 0.6) is 5.75 Å². The van der Waals surface area contributed by atoms with Crippen molar-refractivity contribution in [1.82, 2.24) is 5.09 Å². The van der Waals surface area contributed by atoms with E-state index in [4.69, 9.17) is 4.52 Å². The average molecular weight is 446 g/mol. The lowest BCUT2D eigenvalue weighted by Crippen LogP contribution is -3.00. The standard InChI is InChI=1S/C17H24N2O2P.HI/c1-19(2,3)15-14-18-22(20,17-12-8-5-9-13-17)21-16-10-6-4-7-11-16;/h4-13H,14-15H2,1-3H3,(H,18,20);1H/q+1;/p-1. The highest BCUT2D eigenvalue weighted by molar-refractivity contribution is 7.65. The average Bonchev–Trinajstić information content (AvgIpc) is 2.48. The fourth-order valence-corrected chi connectivity index (χ4v) is 3.69. The molecule has 4 nitrogen and oxygen atoms in total. The number of nitrogens with one attached hydrogen (secondary N) is 1. The molecule has 126 valence electrons. The third kappa shape index (κ3) is 6.63. The molecule has 0 amide bonds. The molecule has 0 aliphatic rings. The van der Waals surface area contributed by atoms with Gasteiger partial charge in [0, 0.05) is 0 Å². The Hall–Kier alpha value is -0.880. The van der Waals surface area contributed by atoms with Crippen molar-refractivity contribution in [2.75, 3.05) is 34.2 Å². The molecule has 0 aromatic heterocycles. The summed E-state index contributed by atoms with van der Waals surface area (Å²) in [4.78, 5) is 0. The zero-order chi connectivity index (χ0) is 16.1. The molecule has 0 aliphatic heterocycles. The first kappa shape index (κ1) is 20.2. The summed E-state index contributed by atoms with van der Waals surface area (Å²) in [5.41, 5.74) is 0. The van der Waals surface area contributed by atoms with Gasteiger partial charge in [0.1, 0.15) is 5.75 Å². The molecule has 0 fully saturated rings. The van der Waals surface area contributed by atoms with Gasteiger partial charge < -0.3 is 33.0 Å². The lowest BCUT2D eigenvalue weighted by Gasteiger charge is -2.26. The second-order valence-electron chi connectivity index (χ2n) is 6.21. The van der Waals surface area contributed by atoms with Crippen molar-refractivity contribution in [1.29, 1.82) is 0 Å². The Labute approximate surface area is 156 Å². The maximum atomic E-state index is 13.3. The van der Waals surface area contributed by atoms with Gasteiger partial charge in [0.2, 0.25) is 0 Å². The van der Waals surface area contributed by atoms with E-state index in [1.807, 2.05) is 60.7 Å². The molecule has 2 rings (SSSR count). The van der Waals surface area contributed by atoms with Crippen molar-refractivity contribution in [3.63, 3.8) is 0 Å². The molecule has 6 heteroatoms. The third-order valence-corrected chi connectivity index (χ3v) is 5.26. The molecule has 0 aliphatic carbocycles. The smallest absolute Gasteiger partial charge is 0.347 e. The van der Waals surface area contributed by atoms with E-state index in [0.717, 1.165) is 11.0 Å². The highest BCUT2D eigenvalue weighted by Crippen LogP contribution is 2.41. The third-order valence-electron chi connectivity index (χ3n) is 3.18. The van der Waals surface area contributed by atoms with Gasteiger partial charge in [0.05, 0.1) is 39.5 Å². The quantitative estimate of drug-likeness (QED) is 0.367. The molecular weight excluding hydrogens is 422 g/mol. The van der Waals surface area contributed by atoms with Crippen LogP contribution in [0.2, 0.25) is 0 Å². The zero-order valence-corrected chi connectivity index (χ0v) is 16.8. The van der Waals surface area contributed by atoms with Gasteiger partial charge in [-0.15, -0.1) is 0 Å². The van der Waals surface area contributed by atoms with Gasteiger partial charge in [-0.25, -0.2) is 5.09 Å². The highest BCUT2D eigenvalue weighted by Gasteiger charge is 2.27. The van der Waals surface area contributed by atoms with E-state index in [-0.39, 0.29) is 24.0 Å². The molecule has 23 heavy (non-hydrogen) atoms. The Morgan fingerprint density at radius 1 is 0.957 bits per heavy atom. The van der Waals surface area contributed by atoms with Gasteiger partial charge >= 0.3 is 7.52 Å². The van der Waals surface area contributed by atoms with Crippen molar-refractivity contribution < 1.29 is 37.5 Å². The van der Waals surface area contributed by atoms with Crippen LogP contribution >= 0.6 is 7.52 Å². The minimum absolute atomic E-state index is 0. The molecule has 0 bridgehead atoms. The topological polar surface area (TPSA) is 38.3 Å². The van der Waals surface area contributed by atoms with Crippen LogP contribution in [0.25, 0.3) is 0 Å². The predicted octanol–water partition coefficient (Wildman–Crippen LogP) is -0.116. The Morgan fingerprint density at radius 3 is 2.00 bits per heavy atom. The Morgan fingerprint density at radius 2 is 1.48 bits per heavy atom. The van der Waals surface area contributed by atoms with E-state index in [9.17, 15) is 4.57 Å². The second-order valence-corrected chi connectivity index (χ2v) is 8.33. The molecule has 1 atom stereocenters. The van der Waals surface area contributed by atoms with Crippen LogP contribution in [0.15, 0.2) is 60.7 Å². The van der Waals surface area contributed by atoms with E-state index < -0.39 is 7.52 Å². The first-order valence-corrected chi connectivity index (χ1v) is 8.97. The fraction of sp³-hybridized carbons (Fsp3) is 0.294. The Bertz CT molecular complexity index is 630. The molecule has 2 aromatic carbocycles. The predicted molar refractivity (Wildman–Crippen MR) is 91.7 cm³/mol. The summed E-state index contributed by atoms with van der Waals surface area (Å²) in [6.45, 7) is 1.47. The summed E-state index contributed by atoms with van der Waals surface area (Å²) in [6.07, 6.45) is 0. The first-order chi connectivity index (χ1) is 10.4. The van der Waals surface area contributed by atoms with Crippen molar-refractivity contribution in [3.8, 4) is 5.75 Å². The molecule has 0 heterocycles. The van der Waals surface area contributed by atoms with Crippen LogP contribution in [0, 0.1) is 0 Å². The molecular formula is C17H24IN2O2P. The molecule has 1 unspecified atom stereocenters. The first-order valence-electron chi connectivity index (χ1n) is 7.35. The maximum absolute atomic E-state index is 13.3. The monoisotopic (exact) mass is 446 g/mol. The molecule has 0 radical (unpaired) electrons. The normalized spacial score (nSPS) is 13.7. The number of halogens is 1. The Balaban J connectivity index is 0.00000264. The summed E-state index contributed by atoms with van der Waals surface area (Å²) in [5, 5.41) is 3.82. The van der Waals surface area contributed by atoms with Gasteiger partial charge in [0.25, 0.3) is 0 Å². The summed E-state index contributed by atoms with van der Waals surface area (Å²) in [7, 11) is 3.17. The van der Waals surface area contributed by atoms with E-state index >= 15 is 0 Å². The molecule has 0 saturated carbocycles. The SMILES string of the molecule is C[N+](C)(C)CCNP(=O)(Oc1ccccc1)c1ccccc1.[I-]. The fourth-order valence-electron chi connectivity index (χ4n) is 1.96. The largest absolute Gasteiger partial charge is 1.00 e. The minimum Gasteiger partial charge on any atom is -1.00 e. The van der Waals surface area contributed by atoms with Gasteiger partial charge in [0.15, 0.2) is 0 Å². The number of quaternary nitrogens is 1. The minimum atomic E-state index is -3.14. The molecule has 2 aromatic rings. The summed E-state index contributed by atoms with van der Waals surface area (Å²) in [6, 6.07) is 18.6. The summed E-state index contributed by atoms with van der Waals surface area (Å²) < 4.78 is 20.0. The number of para-hydroxylation sites is 1.